The Morgan fingerprint density at radius 3 is 1.43 bits per heavy atom. The van der Waals surface area contributed by atoms with Crippen molar-refractivity contribution < 1.29 is 46.8 Å². The maximum atomic E-state index is 10.5. The molecule has 0 aliphatic heterocycles. The molecule has 0 heterocycles. The first-order valence-corrected chi connectivity index (χ1v) is 14.4. The topological polar surface area (TPSA) is 145 Å². The van der Waals surface area contributed by atoms with E-state index in [-0.39, 0.29) is 28.9 Å². The van der Waals surface area contributed by atoms with Gasteiger partial charge in [0.05, 0.1) is 12.1 Å². The van der Waals surface area contributed by atoms with E-state index in [1.165, 1.54) is 11.1 Å². The molecule has 2 atom stereocenters. The van der Waals surface area contributed by atoms with Crippen LogP contribution in [0, 0.1) is 13.8 Å². The number of nitrogens with zero attached hydrogens (tertiary/aromatic N) is 2. The van der Waals surface area contributed by atoms with Crippen LogP contribution in [0.5, 0.6) is 11.5 Å². The van der Waals surface area contributed by atoms with Gasteiger partial charge >= 0.3 is 16.8 Å². The minimum Gasteiger partial charge on any atom is -0.550 e. The number of carboxylic acid groups (broad SMARTS) is 2. The van der Waals surface area contributed by atoms with E-state index in [1.807, 2.05) is 26.3 Å². The minimum absolute atomic E-state index is 0. The van der Waals surface area contributed by atoms with Crippen LogP contribution in [0.4, 0.5) is 0 Å². The minimum atomic E-state index is -1.08. The van der Waals surface area contributed by atoms with Crippen molar-refractivity contribution in [2.75, 3.05) is 0 Å². The van der Waals surface area contributed by atoms with E-state index >= 15 is 0 Å². The van der Waals surface area contributed by atoms with Crippen molar-refractivity contribution in [2.24, 2.45) is 9.98 Å². The quantitative estimate of drug-likeness (QED) is 0.375. The van der Waals surface area contributed by atoms with Gasteiger partial charge in [0.2, 0.25) is 0 Å². The molecule has 1 fully saturated rings. The van der Waals surface area contributed by atoms with Crippen LogP contribution in [-0.2, 0) is 39.2 Å². The first-order chi connectivity index (χ1) is 19.4. The van der Waals surface area contributed by atoms with E-state index in [2.05, 4.69) is 38.1 Å². The van der Waals surface area contributed by atoms with Crippen LogP contribution in [0.3, 0.4) is 0 Å². The molecule has 0 spiro atoms. The number of aliphatic carboxylic acids is 2. The van der Waals surface area contributed by atoms with Gasteiger partial charge in [0.1, 0.15) is 11.5 Å². The molecular formula is C33H46CoN2O6. The van der Waals surface area contributed by atoms with Crippen LogP contribution < -0.4 is 10.2 Å². The number of carboxylic acids is 2. The zero-order valence-electron chi connectivity index (χ0n) is 25.7. The molecule has 9 heteroatoms. The Morgan fingerprint density at radius 2 is 1.12 bits per heavy atom. The summed E-state index contributed by atoms with van der Waals surface area (Å²) in [5.74, 6) is -1.50. The SMILES string of the molecule is CC(=O)[O-].CC(=O)[O-].CCCCc1cc(C)c(O)c(C=NC2CCC(N=Cc3cc(CCCC)cc(C)c3O)C2)c1.[Co+2]. The van der Waals surface area contributed by atoms with Crippen LogP contribution in [0.25, 0.3) is 0 Å². The zero-order valence-corrected chi connectivity index (χ0v) is 26.8. The van der Waals surface area contributed by atoms with Gasteiger partial charge < -0.3 is 30.0 Å². The molecule has 3 rings (SSSR count). The zero-order chi connectivity index (χ0) is 30.9. The van der Waals surface area contributed by atoms with Crippen molar-refractivity contribution in [3.8, 4) is 11.5 Å². The van der Waals surface area contributed by atoms with Crippen LogP contribution in [-0.4, -0.2) is 46.7 Å². The van der Waals surface area contributed by atoms with Gasteiger partial charge in [-0.15, -0.1) is 0 Å². The fraction of sp³-hybridized carbons (Fsp3) is 0.515. The maximum absolute atomic E-state index is 10.5. The number of aryl methyl sites for hydroxylation is 4. The maximum Gasteiger partial charge on any atom is 2.00 e. The van der Waals surface area contributed by atoms with Gasteiger partial charge in [0.25, 0.3) is 0 Å². The summed E-state index contributed by atoms with van der Waals surface area (Å²) in [5, 5.41) is 38.7. The summed E-state index contributed by atoms with van der Waals surface area (Å²) in [6.45, 7) is 10.2. The molecule has 0 bridgehead atoms. The number of carbonyl (C=O) groups excluding carboxylic acids is 2. The van der Waals surface area contributed by atoms with Crippen molar-refractivity contribution in [3.63, 3.8) is 0 Å². The van der Waals surface area contributed by atoms with Crippen LogP contribution in [0.15, 0.2) is 34.3 Å². The third kappa shape index (κ3) is 15.2. The summed E-state index contributed by atoms with van der Waals surface area (Å²) in [5.41, 5.74) is 5.98. The molecule has 1 saturated carbocycles. The Kier molecular flexibility index (Phi) is 19.1. The van der Waals surface area contributed by atoms with Crippen molar-refractivity contribution in [2.45, 2.75) is 111 Å². The Bertz CT molecular complexity index is 1100. The van der Waals surface area contributed by atoms with E-state index in [4.69, 9.17) is 29.8 Å². The first-order valence-electron chi connectivity index (χ1n) is 14.4. The van der Waals surface area contributed by atoms with Crippen molar-refractivity contribution in [1.29, 1.82) is 0 Å². The van der Waals surface area contributed by atoms with Gasteiger partial charge in [0, 0.05) is 35.5 Å². The van der Waals surface area contributed by atoms with Crippen LogP contribution in [0.2, 0.25) is 0 Å². The fourth-order valence-corrected chi connectivity index (χ4v) is 4.59. The van der Waals surface area contributed by atoms with E-state index in [0.29, 0.717) is 11.5 Å². The van der Waals surface area contributed by atoms with Gasteiger partial charge in [-0.25, -0.2) is 0 Å². The monoisotopic (exact) mass is 625 g/mol. The number of carbonyl (C=O) groups is 2. The molecule has 1 radical (unpaired) electrons. The van der Waals surface area contributed by atoms with E-state index in [0.717, 1.165) is 93.9 Å². The number of hydrogen-bond acceptors (Lipinski definition) is 8. The predicted molar refractivity (Wildman–Crippen MR) is 161 cm³/mol. The van der Waals surface area contributed by atoms with Crippen molar-refractivity contribution in [3.05, 3.63) is 57.6 Å². The molecular weight excluding hydrogens is 579 g/mol. The normalized spacial score (nSPS) is 15.9. The summed E-state index contributed by atoms with van der Waals surface area (Å²) in [4.78, 5) is 27.4. The van der Waals surface area contributed by atoms with Gasteiger partial charge in [-0.3, -0.25) is 9.98 Å². The Balaban J connectivity index is 0.00000166. The largest absolute Gasteiger partial charge is 2.00 e. The van der Waals surface area contributed by atoms with Gasteiger partial charge in [-0.1, -0.05) is 38.8 Å². The Hall–Kier alpha value is -3.17. The summed E-state index contributed by atoms with van der Waals surface area (Å²) < 4.78 is 0. The first kappa shape index (κ1) is 38.8. The Labute approximate surface area is 261 Å². The summed E-state index contributed by atoms with van der Waals surface area (Å²) in [7, 11) is 0. The standard InChI is InChI=1S/C29H40N2O2.2C2H4O2.Co/c1-5-7-9-22-13-20(3)28(32)24(15-22)18-30-26-11-12-27(17-26)31-19-25-16-23(10-8-6-2)14-21(4)29(25)33;2*1-2(3)4;/h13-16,18-19,26-27,32-33H,5-12,17H2,1-4H3;2*1H3,(H,3,4);/q;;;+2/p-2. The smallest absolute Gasteiger partial charge is 0.550 e. The number of aliphatic imine (C=N–C) groups is 2. The molecule has 0 amide bonds. The number of rotatable bonds is 10. The summed E-state index contributed by atoms with van der Waals surface area (Å²) in [6, 6.07) is 8.74. The van der Waals surface area contributed by atoms with E-state index < -0.39 is 11.9 Å². The molecule has 2 aromatic rings. The van der Waals surface area contributed by atoms with Crippen LogP contribution in [0.1, 0.15) is 106 Å². The third-order valence-electron chi connectivity index (χ3n) is 6.64. The summed E-state index contributed by atoms with van der Waals surface area (Å²) >= 11 is 0. The Morgan fingerprint density at radius 1 is 0.786 bits per heavy atom. The van der Waals surface area contributed by atoms with Crippen molar-refractivity contribution in [1.82, 2.24) is 0 Å². The van der Waals surface area contributed by atoms with Crippen molar-refractivity contribution >= 4 is 24.4 Å². The molecule has 1 aliphatic carbocycles. The average Bonchev–Trinajstić information content (AvgIpc) is 3.35. The second-order valence-electron chi connectivity index (χ2n) is 10.6. The second kappa shape index (κ2) is 20.7. The molecule has 8 nitrogen and oxygen atoms in total. The predicted octanol–water partition coefficient (Wildman–Crippen LogP) is 4.37. The number of benzene rings is 2. The number of phenolic OH excluding ortho intramolecular Hbond substituents is 2. The third-order valence-corrected chi connectivity index (χ3v) is 6.64. The molecule has 2 aromatic carbocycles. The fourth-order valence-electron chi connectivity index (χ4n) is 4.59. The molecule has 0 aromatic heterocycles. The molecule has 0 saturated heterocycles. The number of unbranched alkanes of at least 4 members (excludes halogenated alkanes) is 2. The second-order valence-corrected chi connectivity index (χ2v) is 10.6. The molecule has 2 unspecified atom stereocenters. The van der Waals surface area contributed by atoms with Gasteiger partial charge in [0.15, 0.2) is 0 Å². The number of phenols is 2. The van der Waals surface area contributed by atoms with Gasteiger partial charge in [-0.05, 0) is 107 Å². The number of aromatic hydroxyl groups is 2. The molecule has 233 valence electrons. The molecule has 2 N–H and O–H groups in total. The van der Waals surface area contributed by atoms with E-state index in [1.54, 1.807) is 0 Å². The molecule has 42 heavy (non-hydrogen) atoms. The van der Waals surface area contributed by atoms with Gasteiger partial charge in [-0.2, -0.15) is 0 Å². The van der Waals surface area contributed by atoms with Crippen LogP contribution >= 0.6 is 0 Å². The average molecular weight is 626 g/mol. The summed E-state index contributed by atoms with van der Waals surface area (Å²) in [6.07, 6.45) is 13.3. The van der Waals surface area contributed by atoms with E-state index in [9.17, 15) is 10.2 Å². The number of hydrogen-bond donors (Lipinski definition) is 2. The molecule has 1 aliphatic rings.